The summed E-state index contributed by atoms with van der Waals surface area (Å²) in [5.41, 5.74) is 2.42. The van der Waals surface area contributed by atoms with E-state index in [2.05, 4.69) is 0 Å². The molecule has 0 aliphatic carbocycles. The number of hydrogen-bond donors (Lipinski definition) is 0. The standard InChI is InChI=1S/C20H21ClN2O4S/c1-13-6-7-15(9-17(13)21)23-19-12-28(25,26)11-18(19)22(20(23)24)10-14-4-3-5-16(8-14)27-2/h3-9,18-19H,10-12H2,1-2H3/t18-,19+/m0/s1. The molecule has 6 nitrogen and oxygen atoms in total. The summed E-state index contributed by atoms with van der Waals surface area (Å²) >= 11 is 6.25. The van der Waals surface area contributed by atoms with Crippen LogP contribution in [0.25, 0.3) is 0 Å². The van der Waals surface area contributed by atoms with Crippen molar-refractivity contribution in [2.75, 3.05) is 23.5 Å². The number of ether oxygens (including phenoxy) is 1. The average molecular weight is 421 g/mol. The molecule has 2 aromatic carbocycles. The molecule has 4 rings (SSSR count). The quantitative estimate of drug-likeness (QED) is 0.712. The molecule has 2 aliphatic rings. The van der Waals surface area contributed by atoms with Gasteiger partial charge in [0, 0.05) is 17.3 Å². The van der Waals surface area contributed by atoms with E-state index in [0.29, 0.717) is 23.0 Å². The van der Waals surface area contributed by atoms with E-state index >= 15 is 0 Å². The second-order valence-electron chi connectivity index (χ2n) is 7.28. The normalized spacial score (nSPS) is 23.2. The molecule has 28 heavy (non-hydrogen) atoms. The molecule has 148 valence electrons. The predicted molar refractivity (Wildman–Crippen MR) is 109 cm³/mol. The molecule has 0 radical (unpaired) electrons. The van der Waals surface area contributed by atoms with E-state index in [9.17, 15) is 13.2 Å². The number of benzene rings is 2. The number of halogens is 1. The number of hydrogen-bond acceptors (Lipinski definition) is 4. The fourth-order valence-electron chi connectivity index (χ4n) is 3.96. The fourth-order valence-corrected chi connectivity index (χ4v) is 6.09. The number of carbonyl (C=O) groups excluding carboxylic acids is 1. The topological polar surface area (TPSA) is 66.9 Å². The molecule has 0 saturated carbocycles. The number of sulfone groups is 1. The van der Waals surface area contributed by atoms with E-state index in [4.69, 9.17) is 16.3 Å². The first-order valence-corrected chi connectivity index (χ1v) is 11.2. The smallest absolute Gasteiger partial charge is 0.325 e. The van der Waals surface area contributed by atoms with E-state index in [-0.39, 0.29) is 23.6 Å². The van der Waals surface area contributed by atoms with Crippen molar-refractivity contribution in [1.29, 1.82) is 0 Å². The third-order valence-corrected chi connectivity index (χ3v) is 7.50. The van der Waals surface area contributed by atoms with Gasteiger partial charge in [-0.3, -0.25) is 4.90 Å². The van der Waals surface area contributed by atoms with Gasteiger partial charge >= 0.3 is 6.03 Å². The molecule has 0 bridgehead atoms. The highest BCUT2D eigenvalue weighted by Gasteiger charge is 2.53. The summed E-state index contributed by atoms with van der Waals surface area (Å²) in [6.07, 6.45) is 0. The number of methoxy groups -OCH3 is 1. The summed E-state index contributed by atoms with van der Waals surface area (Å²) in [4.78, 5) is 16.5. The van der Waals surface area contributed by atoms with Crippen LogP contribution in [0.3, 0.4) is 0 Å². The van der Waals surface area contributed by atoms with Crippen molar-refractivity contribution >= 4 is 33.2 Å². The molecule has 2 aromatic rings. The van der Waals surface area contributed by atoms with Crippen molar-refractivity contribution < 1.29 is 17.9 Å². The van der Waals surface area contributed by atoms with Gasteiger partial charge in [0.15, 0.2) is 9.84 Å². The number of carbonyl (C=O) groups is 1. The first kappa shape index (κ1) is 19.1. The Morgan fingerprint density at radius 1 is 1.14 bits per heavy atom. The van der Waals surface area contributed by atoms with Gasteiger partial charge in [0.05, 0.1) is 30.7 Å². The molecule has 2 amide bonds. The van der Waals surface area contributed by atoms with Gasteiger partial charge in [-0.05, 0) is 42.3 Å². The number of anilines is 1. The zero-order chi connectivity index (χ0) is 20.1. The highest BCUT2D eigenvalue weighted by Crippen LogP contribution is 2.37. The maximum absolute atomic E-state index is 13.3. The third-order valence-electron chi connectivity index (χ3n) is 5.40. The Balaban J connectivity index is 1.71. The molecule has 2 atom stereocenters. The van der Waals surface area contributed by atoms with E-state index in [1.165, 1.54) is 0 Å². The van der Waals surface area contributed by atoms with Crippen molar-refractivity contribution in [3.63, 3.8) is 0 Å². The summed E-state index contributed by atoms with van der Waals surface area (Å²) in [6.45, 7) is 2.21. The predicted octanol–water partition coefficient (Wildman–Crippen LogP) is 3.26. The average Bonchev–Trinajstić information content (AvgIpc) is 3.08. The van der Waals surface area contributed by atoms with Crippen molar-refractivity contribution in [3.05, 3.63) is 58.6 Å². The Bertz CT molecular complexity index is 1040. The minimum atomic E-state index is -3.22. The van der Waals surface area contributed by atoms with Gasteiger partial charge in [-0.2, -0.15) is 0 Å². The molecular weight excluding hydrogens is 400 g/mol. The first-order valence-electron chi connectivity index (χ1n) is 8.98. The van der Waals surface area contributed by atoms with Crippen LogP contribution in [-0.2, 0) is 16.4 Å². The third kappa shape index (κ3) is 3.33. The molecule has 0 unspecified atom stereocenters. The molecule has 2 aliphatic heterocycles. The molecule has 2 fully saturated rings. The van der Waals surface area contributed by atoms with Crippen LogP contribution in [0.1, 0.15) is 11.1 Å². The van der Waals surface area contributed by atoms with Crippen molar-refractivity contribution in [1.82, 2.24) is 4.90 Å². The van der Waals surface area contributed by atoms with Crippen LogP contribution in [-0.4, -0.2) is 50.0 Å². The highest BCUT2D eigenvalue weighted by atomic mass is 35.5. The first-order chi connectivity index (χ1) is 13.3. The monoisotopic (exact) mass is 420 g/mol. The van der Waals surface area contributed by atoms with Crippen LogP contribution < -0.4 is 9.64 Å². The van der Waals surface area contributed by atoms with E-state index in [0.717, 1.165) is 11.1 Å². The van der Waals surface area contributed by atoms with Gasteiger partial charge in [-0.1, -0.05) is 29.8 Å². The lowest BCUT2D eigenvalue weighted by atomic mass is 10.1. The van der Waals surface area contributed by atoms with Crippen LogP contribution in [0, 0.1) is 6.92 Å². The Morgan fingerprint density at radius 3 is 2.61 bits per heavy atom. The number of amides is 2. The fraction of sp³-hybridized carbons (Fsp3) is 0.350. The maximum Gasteiger partial charge on any atom is 0.325 e. The van der Waals surface area contributed by atoms with Crippen molar-refractivity contribution in [2.24, 2.45) is 0 Å². The SMILES string of the molecule is COc1cccc(CN2C(=O)N(c3ccc(C)c(Cl)c3)[C@@H]3CS(=O)(=O)C[C@@H]32)c1. The summed E-state index contributed by atoms with van der Waals surface area (Å²) in [5.74, 6) is 0.634. The van der Waals surface area contributed by atoms with E-state index < -0.39 is 15.9 Å². The van der Waals surface area contributed by atoms with Crippen LogP contribution in [0.2, 0.25) is 5.02 Å². The number of urea groups is 1. The number of nitrogens with zero attached hydrogens (tertiary/aromatic N) is 2. The molecule has 8 heteroatoms. The number of aryl methyl sites for hydroxylation is 1. The number of fused-ring (bicyclic) bond motifs is 1. The second kappa shape index (κ2) is 6.97. The van der Waals surface area contributed by atoms with Crippen LogP contribution in [0.4, 0.5) is 10.5 Å². The Morgan fingerprint density at radius 2 is 1.89 bits per heavy atom. The highest BCUT2D eigenvalue weighted by molar-refractivity contribution is 7.91. The van der Waals surface area contributed by atoms with Gasteiger partial charge in [0.25, 0.3) is 0 Å². The molecule has 0 N–H and O–H groups in total. The van der Waals surface area contributed by atoms with Gasteiger partial charge in [0.1, 0.15) is 5.75 Å². The zero-order valence-corrected chi connectivity index (χ0v) is 17.2. The molecule has 0 aromatic heterocycles. The molecule has 2 saturated heterocycles. The molecule has 0 spiro atoms. The minimum absolute atomic E-state index is 0.0243. The van der Waals surface area contributed by atoms with Gasteiger partial charge in [-0.25, -0.2) is 13.2 Å². The lowest BCUT2D eigenvalue weighted by Crippen LogP contribution is -2.37. The number of rotatable bonds is 4. The lowest BCUT2D eigenvalue weighted by molar-refractivity contribution is 0.206. The Hall–Kier alpha value is -2.25. The molecule has 2 heterocycles. The van der Waals surface area contributed by atoms with Gasteiger partial charge in [-0.15, -0.1) is 0 Å². The maximum atomic E-state index is 13.3. The van der Waals surface area contributed by atoms with Crippen molar-refractivity contribution in [2.45, 2.75) is 25.6 Å². The Kier molecular flexibility index (Phi) is 4.75. The van der Waals surface area contributed by atoms with Crippen LogP contribution in [0.5, 0.6) is 5.75 Å². The van der Waals surface area contributed by atoms with Gasteiger partial charge in [0.2, 0.25) is 0 Å². The Labute approximate surface area is 169 Å². The second-order valence-corrected chi connectivity index (χ2v) is 9.84. The van der Waals surface area contributed by atoms with E-state index in [1.54, 1.807) is 23.0 Å². The van der Waals surface area contributed by atoms with Crippen LogP contribution in [0.15, 0.2) is 42.5 Å². The van der Waals surface area contributed by atoms with Crippen LogP contribution >= 0.6 is 11.6 Å². The largest absolute Gasteiger partial charge is 0.497 e. The molecular formula is C20H21ClN2O4S. The minimum Gasteiger partial charge on any atom is -0.497 e. The summed E-state index contributed by atoms with van der Waals surface area (Å²) in [7, 11) is -1.63. The summed E-state index contributed by atoms with van der Waals surface area (Å²) in [6, 6.07) is 11.8. The summed E-state index contributed by atoms with van der Waals surface area (Å²) in [5, 5.41) is 0.550. The summed E-state index contributed by atoms with van der Waals surface area (Å²) < 4.78 is 29.9. The van der Waals surface area contributed by atoms with Crippen molar-refractivity contribution in [3.8, 4) is 5.75 Å². The lowest BCUT2D eigenvalue weighted by Gasteiger charge is -2.23. The van der Waals surface area contributed by atoms with Gasteiger partial charge < -0.3 is 9.64 Å². The van der Waals surface area contributed by atoms with E-state index in [1.807, 2.05) is 43.3 Å². The zero-order valence-electron chi connectivity index (χ0n) is 15.6.